The highest BCUT2D eigenvalue weighted by atomic mass is 16.6. The second kappa shape index (κ2) is 9.12. The highest BCUT2D eigenvalue weighted by molar-refractivity contribution is 5.97. The molecular formula is C19H26N4O4. The largest absolute Gasteiger partial charge is 0.467 e. The first kappa shape index (κ1) is 20.4. The average Bonchev–Trinajstić information content (AvgIpc) is 3.13. The molecule has 8 heteroatoms. The Kier molecular flexibility index (Phi) is 6.88. The number of carbonyl (C=O) groups excluding carboxylic acids is 2. The lowest BCUT2D eigenvalue weighted by atomic mass is 10.1. The second-order valence-electron chi connectivity index (χ2n) is 7.34. The third-order valence-corrected chi connectivity index (χ3v) is 3.98. The summed E-state index contributed by atoms with van der Waals surface area (Å²) in [6, 6.07) is 5.46. The molecule has 2 rings (SSSR count). The predicted molar refractivity (Wildman–Crippen MR) is 98.2 cm³/mol. The van der Waals surface area contributed by atoms with Gasteiger partial charge in [-0.3, -0.25) is 4.79 Å². The number of nitriles is 1. The van der Waals surface area contributed by atoms with Crippen LogP contribution >= 0.6 is 0 Å². The van der Waals surface area contributed by atoms with E-state index in [4.69, 9.17) is 9.15 Å². The molecular weight excluding hydrogens is 348 g/mol. The highest BCUT2D eigenvalue weighted by Crippen LogP contribution is 2.15. The maximum absolute atomic E-state index is 12.1. The van der Waals surface area contributed by atoms with Crippen molar-refractivity contribution >= 4 is 12.0 Å². The Morgan fingerprint density at radius 1 is 1.41 bits per heavy atom. The minimum absolute atomic E-state index is 0.00359. The van der Waals surface area contributed by atoms with Crippen LogP contribution in [-0.2, 0) is 16.1 Å². The van der Waals surface area contributed by atoms with Gasteiger partial charge < -0.3 is 24.7 Å². The fraction of sp³-hybridized carbons (Fsp3) is 0.526. The van der Waals surface area contributed by atoms with Gasteiger partial charge in [-0.05, 0) is 45.7 Å². The van der Waals surface area contributed by atoms with E-state index in [-0.39, 0.29) is 24.3 Å². The maximum atomic E-state index is 12.1. The number of nitrogens with zero attached hydrogens (tertiary/aromatic N) is 2. The summed E-state index contributed by atoms with van der Waals surface area (Å²) in [4.78, 5) is 25.8. The summed E-state index contributed by atoms with van der Waals surface area (Å²) < 4.78 is 10.5. The minimum Gasteiger partial charge on any atom is -0.467 e. The van der Waals surface area contributed by atoms with Gasteiger partial charge in [-0.1, -0.05) is 0 Å². The molecule has 2 heterocycles. The molecule has 1 aliphatic heterocycles. The first-order chi connectivity index (χ1) is 12.8. The van der Waals surface area contributed by atoms with E-state index in [9.17, 15) is 14.9 Å². The Labute approximate surface area is 159 Å². The number of hydrogen-bond donors (Lipinski definition) is 2. The zero-order valence-electron chi connectivity index (χ0n) is 15.9. The fourth-order valence-corrected chi connectivity index (χ4v) is 2.58. The molecule has 2 amide bonds. The number of hydrogen-bond acceptors (Lipinski definition) is 6. The summed E-state index contributed by atoms with van der Waals surface area (Å²) in [5, 5.41) is 14.9. The van der Waals surface area contributed by atoms with Gasteiger partial charge in [-0.2, -0.15) is 5.26 Å². The summed E-state index contributed by atoms with van der Waals surface area (Å²) in [7, 11) is 0. The summed E-state index contributed by atoms with van der Waals surface area (Å²) in [6.45, 7) is 6.86. The standard InChI is InChI=1S/C19H26N4O4/c1-19(2,3)27-18(25)23-8-6-15(7-9-23)21-12-14(11-20)17(24)22-13-16-5-4-10-26-16/h4-5,10,12,15,21H,6-9,13H2,1-3H3,(H,22,24)/b14-12-. The Bertz CT molecular complexity index is 705. The van der Waals surface area contributed by atoms with E-state index >= 15 is 0 Å². The Morgan fingerprint density at radius 2 is 2.11 bits per heavy atom. The number of piperidine rings is 1. The van der Waals surface area contributed by atoms with Crippen molar-refractivity contribution in [3.8, 4) is 6.07 Å². The van der Waals surface area contributed by atoms with Gasteiger partial charge in [0.1, 0.15) is 23.0 Å². The van der Waals surface area contributed by atoms with Crippen molar-refractivity contribution in [3.63, 3.8) is 0 Å². The zero-order chi connectivity index (χ0) is 19.9. The molecule has 1 saturated heterocycles. The van der Waals surface area contributed by atoms with E-state index in [2.05, 4.69) is 10.6 Å². The predicted octanol–water partition coefficient (Wildman–Crippen LogP) is 2.29. The van der Waals surface area contributed by atoms with Crippen LogP contribution in [0, 0.1) is 11.3 Å². The molecule has 1 aliphatic rings. The van der Waals surface area contributed by atoms with Crippen molar-refractivity contribution in [2.45, 2.75) is 51.8 Å². The molecule has 0 spiro atoms. The molecule has 0 bridgehead atoms. The average molecular weight is 374 g/mol. The van der Waals surface area contributed by atoms with E-state index in [1.54, 1.807) is 17.0 Å². The smallest absolute Gasteiger partial charge is 0.410 e. The molecule has 1 aromatic rings. The molecule has 0 aromatic carbocycles. The van der Waals surface area contributed by atoms with Gasteiger partial charge >= 0.3 is 6.09 Å². The number of amides is 2. The maximum Gasteiger partial charge on any atom is 0.410 e. The van der Waals surface area contributed by atoms with Crippen LogP contribution in [0.5, 0.6) is 0 Å². The van der Waals surface area contributed by atoms with Gasteiger partial charge in [0.25, 0.3) is 5.91 Å². The number of furan rings is 1. The highest BCUT2D eigenvalue weighted by Gasteiger charge is 2.26. The third kappa shape index (κ3) is 6.70. The van der Waals surface area contributed by atoms with Gasteiger partial charge in [0.05, 0.1) is 12.8 Å². The van der Waals surface area contributed by atoms with E-state index in [0.717, 1.165) is 0 Å². The monoisotopic (exact) mass is 374 g/mol. The van der Waals surface area contributed by atoms with Gasteiger partial charge in [-0.25, -0.2) is 4.79 Å². The van der Waals surface area contributed by atoms with Crippen LogP contribution in [0.2, 0.25) is 0 Å². The summed E-state index contributed by atoms with van der Waals surface area (Å²) >= 11 is 0. The number of carbonyl (C=O) groups is 2. The lowest BCUT2D eigenvalue weighted by Gasteiger charge is -2.33. The molecule has 0 aliphatic carbocycles. The molecule has 0 unspecified atom stereocenters. The number of ether oxygens (including phenoxy) is 1. The van der Waals surface area contributed by atoms with E-state index in [1.807, 2.05) is 26.8 Å². The molecule has 2 N–H and O–H groups in total. The van der Waals surface area contributed by atoms with Crippen LogP contribution in [0.15, 0.2) is 34.6 Å². The summed E-state index contributed by atoms with van der Waals surface area (Å²) in [6.07, 6.45) is 4.07. The van der Waals surface area contributed by atoms with Crippen molar-refractivity contribution in [1.29, 1.82) is 5.26 Å². The Hall–Kier alpha value is -2.95. The molecule has 146 valence electrons. The van der Waals surface area contributed by atoms with Gasteiger partial charge in [-0.15, -0.1) is 0 Å². The number of likely N-dealkylation sites (tertiary alicyclic amines) is 1. The van der Waals surface area contributed by atoms with E-state index in [1.165, 1.54) is 12.5 Å². The van der Waals surface area contributed by atoms with Crippen molar-refractivity contribution in [2.75, 3.05) is 13.1 Å². The van der Waals surface area contributed by atoms with Crippen LogP contribution in [0.1, 0.15) is 39.4 Å². The number of nitrogens with one attached hydrogen (secondary N) is 2. The van der Waals surface area contributed by atoms with Crippen molar-refractivity contribution in [2.24, 2.45) is 0 Å². The quantitative estimate of drug-likeness (QED) is 0.605. The van der Waals surface area contributed by atoms with E-state index in [0.29, 0.717) is 31.7 Å². The number of rotatable bonds is 5. The molecule has 8 nitrogen and oxygen atoms in total. The Morgan fingerprint density at radius 3 is 2.67 bits per heavy atom. The molecule has 0 atom stereocenters. The van der Waals surface area contributed by atoms with Gasteiger partial charge in [0.2, 0.25) is 0 Å². The van der Waals surface area contributed by atoms with Crippen LogP contribution < -0.4 is 10.6 Å². The summed E-state index contributed by atoms with van der Waals surface area (Å²) in [5.41, 5.74) is -0.518. The third-order valence-electron chi connectivity index (χ3n) is 3.98. The second-order valence-corrected chi connectivity index (χ2v) is 7.34. The topological polar surface area (TPSA) is 108 Å². The SMILES string of the molecule is CC(C)(C)OC(=O)N1CCC(N/C=C(/C#N)C(=O)NCc2ccco2)CC1. The normalized spacial score (nSPS) is 15.8. The molecule has 0 radical (unpaired) electrons. The van der Waals surface area contributed by atoms with Crippen LogP contribution in [0.4, 0.5) is 4.79 Å². The fourth-order valence-electron chi connectivity index (χ4n) is 2.58. The zero-order valence-corrected chi connectivity index (χ0v) is 15.9. The van der Waals surface area contributed by atoms with Crippen molar-refractivity contribution < 1.29 is 18.7 Å². The first-order valence-corrected chi connectivity index (χ1v) is 8.93. The van der Waals surface area contributed by atoms with E-state index < -0.39 is 11.5 Å². The van der Waals surface area contributed by atoms with Gasteiger partial charge in [0.15, 0.2) is 0 Å². The molecule has 0 saturated carbocycles. The first-order valence-electron chi connectivity index (χ1n) is 8.93. The van der Waals surface area contributed by atoms with Crippen molar-refractivity contribution in [1.82, 2.24) is 15.5 Å². The molecule has 27 heavy (non-hydrogen) atoms. The summed E-state index contributed by atoms with van der Waals surface area (Å²) in [5.74, 6) is 0.149. The van der Waals surface area contributed by atoms with Crippen LogP contribution in [0.25, 0.3) is 0 Å². The molecule has 1 aromatic heterocycles. The molecule has 1 fully saturated rings. The lowest BCUT2D eigenvalue weighted by molar-refractivity contribution is -0.117. The lowest BCUT2D eigenvalue weighted by Crippen LogP contribution is -2.45. The minimum atomic E-state index is -0.514. The van der Waals surface area contributed by atoms with Crippen molar-refractivity contribution in [3.05, 3.63) is 35.9 Å². The van der Waals surface area contributed by atoms with Crippen LogP contribution in [-0.4, -0.2) is 41.6 Å². The Balaban J connectivity index is 1.78. The van der Waals surface area contributed by atoms with Crippen LogP contribution in [0.3, 0.4) is 0 Å². The van der Waals surface area contributed by atoms with Gasteiger partial charge in [0, 0.05) is 25.3 Å².